The molecule has 27 heavy (non-hydrogen) atoms. The smallest absolute Gasteiger partial charge is 0.253 e. The molecule has 1 N–H and O–H groups in total. The normalized spacial score (nSPS) is 12.1. The number of amides is 1. The molecule has 5 nitrogen and oxygen atoms in total. The van der Waals surface area contributed by atoms with E-state index in [0.717, 1.165) is 24.2 Å². The first kappa shape index (κ1) is 18.8. The van der Waals surface area contributed by atoms with Gasteiger partial charge in [-0.25, -0.2) is 9.97 Å². The summed E-state index contributed by atoms with van der Waals surface area (Å²) in [5.74, 6) is 0.899. The van der Waals surface area contributed by atoms with Crippen LogP contribution in [0.4, 0.5) is 0 Å². The van der Waals surface area contributed by atoms with Crippen LogP contribution in [-0.2, 0) is 6.42 Å². The quantitative estimate of drug-likeness (QED) is 0.680. The lowest BCUT2D eigenvalue weighted by Crippen LogP contribution is -2.31. The Balaban J connectivity index is 1.73. The Kier molecular flexibility index (Phi) is 6.01. The number of nitrogens with one attached hydrogen (secondary N) is 1. The highest BCUT2D eigenvalue weighted by Gasteiger charge is 2.19. The molecule has 0 saturated heterocycles. The van der Waals surface area contributed by atoms with Gasteiger partial charge in [0.15, 0.2) is 0 Å². The van der Waals surface area contributed by atoms with Crippen LogP contribution < -0.4 is 5.32 Å². The number of benzene rings is 1. The first-order valence-electron chi connectivity index (χ1n) is 9.42. The van der Waals surface area contributed by atoms with Crippen molar-refractivity contribution >= 4 is 5.91 Å². The Morgan fingerprint density at radius 2 is 1.93 bits per heavy atom. The van der Waals surface area contributed by atoms with Gasteiger partial charge in [0.1, 0.15) is 12.1 Å². The van der Waals surface area contributed by atoms with Gasteiger partial charge in [0.2, 0.25) is 0 Å². The first-order valence-corrected chi connectivity index (χ1v) is 9.42. The Morgan fingerprint density at radius 3 is 2.48 bits per heavy atom. The summed E-state index contributed by atoms with van der Waals surface area (Å²) in [6, 6.07) is 12.1. The predicted octanol–water partition coefficient (Wildman–Crippen LogP) is 4.35. The fourth-order valence-corrected chi connectivity index (χ4v) is 3.11. The van der Waals surface area contributed by atoms with E-state index in [1.54, 1.807) is 29.4 Å². The highest BCUT2D eigenvalue weighted by Crippen LogP contribution is 2.23. The van der Waals surface area contributed by atoms with Gasteiger partial charge < -0.3 is 5.32 Å². The monoisotopic (exact) mass is 362 g/mol. The largest absolute Gasteiger partial charge is 0.345 e. The van der Waals surface area contributed by atoms with Gasteiger partial charge >= 0.3 is 0 Å². The van der Waals surface area contributed by atoms with Crippen LogP contribution in [0.2, 0.25) is 0 Å². The Labute approximate surface area is 160 Å². The average molecular weight is 362 g/mol. The number of pyridine rings is 1. The van der Waals surface area contributed by atoms with Crippen molar-refractivity contribution < 1.29 is 4.79 Å². The number of hydrogen-bond acceptors (Lipinski definition) is 3. The summed E-state index contributed by atoms with van der Waals surface area (Å²) < 4.78 is 1.80. The lowest BCUT2D eigenvalue weighted by Gasteiger charge is -2.23. The molecule has 1 aromatic carbocycles. The maximum atomic E-state index is 12.7. The zero-order chi connectivity index (χ0) is 19.2. The van der Waals surface area contributed by atoms with E-state index in [1.165, 1.54) is 5.56 Å². The molecule has 140 valence electrons. The summed E-state index contributed by atoms with van der Waals surface area (Å²) in [4.78, 5) is 21.1. The van der Waals surface area contributed by atoms with Gasteiger partial charge in [0.05, 0.1) is 11.6 Å². The molecule has 0 radical (unpaired) electrons. The minimum atomic E-state index is -0.115. The van der Waals surface area contributed by atoms with Crippen molar-refractivity contribution in [3.8, 4) is 5.82 Å². The van der Waals surface area contributed by atoms with Gasteiger partial charge in [-0.1, -0.05) is 51.5 Å². The van der Waals surface area contributed by atoms with Crippen molar-refractivity contribution in [1.82, 2.24) is 19.9 Å². The van der Waals surface area contributed by atoms with Crippen LogP contribution >= 0.6 is 0 Å². The van der Waals surface area contributed by atoms with E-state index in [0.29, 0.717) is 5.56 Å². The molecule has 2 heterocycles. The van der Waals surface area contributed by atoms with E-state index in [1.807, 2.05) is 12.3 Å². The molecule has 1 amide bonds. The van der Waals surface area contributed by atoms with E-state index in [9.17, 15) is 4.79 Å². The van der Waals surface area contributed by atoms with Gasteiger partial charge in [-0.3, -0.25) is 9.36 Å². The highest BCUT2D eigenvalue weighted by atomic mass is 16.1. The van der Waals surface area contributed by atoms with Crippen LogP contribution in [0.15, 0.2) is 61.3 Å². The number of carbonyl (C=O) groups is 1. The molecule has 0 aliphatic heterocycles. The predicted molar refractivity (Wildman–Crippen MR) is 107 cm³/mol. The summed E-state index contributed by atoms with van der Waals surface area (Å²) in [6.07, 6.45) is 9.01. The van der Waals surface area contributed by atoms with E-state index in [4.69, 9.17) is 0 Å². The second kappa shape index (κ2) is 8.62. The fraction of sp³-hybridized carbons (Fsp3) is 0.318. The van der Waals surface area contributed by atoms with Crippen LogP contribution in [0.25, 0.3) is 5.82 Å². The molecule has 0 bridgehead atoms. The van der Waals surface area contributed by atoms with Crippen molar-refractivity contribution in [1.29, 1.82) is 0 Å². The minimum Gasteiger partial charge on any atom is -0.345 e. The molecule has 1 atom stereocenters. The fourth-order valence-electron chi connectivity index (χ4n) is 3.11. The van der Waals surface area contributed by atoms with Crippen LogP contribution in [0, 0.1) is 5.92 Å². The van der Waals surface area contributed by atoms with Crippen LogP contribution in [0.5, 0.6) is 0 Å². The molecule has 0 spiro atoms. The third-order valence-corrected chi connectivity index (χ3v) is 4.61. The second-order valence-corrected chi connectivity index (χ2v) is 7.06. The molecule has 2 aromatic heterocycles. The minimum absolute atomic E-state index is 0.0403. The Hall–Kier alpha value is -2.95. The third kappa shape index (κ3) is 4.61. The lowest BCUT2D eigenvalue weighted by atomic mass is 9.94. The summed E-state index contributed by atoms with van der Waals surface area (Å²) in [7, 11) is 0. The standard InChI is InChI=1S/C22H26N4O/c1-4-5-17-6-8-18(9-7-17)21(16(2)3)25-22(27)19-10-11-20(24-14-19)26-13-12-23-15-26/h6-16,21H,4-5H2,1-3H3,(H,25,27)/t21-/m1/s1. The Bertz CT molecular complexity index is 852. The van der Waals surface area contributed by atoms with Gasteiger partial charge in [0.25, 0.3) is 5.91 Å². The summed E-state index contributed by atoms with van der Waals surface area (Å²) >= 11 is 0. The van der Waals surface area contributed by atoms with Gasteiger partial charge in [-0.15, -0.1) is 0 Å². The molecule has 0 unspecified atom stereocenters. The number of rotatable bonds is 7. The summed E-state index contributed by atoms with van der Waals surface area (Å²) in [6.45, 7) is 6.41. The molecular formula is C22H26N4O. The number of nitrogens with zero attached hydrogens (tertiary/aromatic N) is 3. The zero-order valence-electron chi connectivity index (χ0n) is 16.1. The van der Waals surface area contributed by atoms with Gasteiger partial charge in [0, 0.05) is 18.6 Å². The molecule has 0 aliphatic carbocycles. The molecule has 0 saturated carbocycles. The first-order chi connectivity index (χ1) is 13.1. The van der Waals surface area contributed by atoms with Gasteiger partial charge in [-0.05, 0) is 35.6 Å². The lowest BCUT2D eigenvalue weighted by molar-refractivity contribution is 0.0925. The topological polar surface area (TPSA) is 59.8 Å². The average Bonchev–Trinajstić information content (AvgIpc) is 3.22. The SMILES string of the molecule is CCCc1ccc([C@H](NC(=O)c2ccc(-n3ccnc3)nc2)C(C)C)cc1. The molecule has 0 aliphatic rings. The number of imidazole rings is 1. The molecule has 5 heteroatoms. The molecule has 3 aromatic rings. The Morgan fingerprint density at radius 1 is 1.15 bits per heavy atom. The van der Waals surface area contributed by atoms with E-state index in [-0.39, 0.29) is 17.9 Å². The zero-order valence-corrected chi connectivity index (χ0v) is 16.1. The van der Waals surface area contributed by atoms with E-state index < -0.39 is 0 Å². The maximum Gasteiger partial charge on any atom is 0.253 e. The maximum absolute atomic E-state index is 12.7. The van der Waals surface area contributed by atoms with Crippen molar-refractivity contribution in [2.45, 2.75) is 39.7 Å². The van der Waals surface area contributed by atoms with Crippen LogP contribution in [0.1, 0.15) is 54.7 Å². The second-order valence-electron chi connectivity index (χ2n) is 7.06. The van der Waals surface area contributed by atoms with Crippen molar-refractivity contribution in [3.63, 3.8) is 0 Å². The van der Waals surface area contributed by atoms with Crippen molar-refractivity contribution in [3.05, 3.63) is 78.0 Å². The van der Waals surface area contributed by atoms with E-state index in [2.05, 4.69) is 60.3 Å². The summed E-state index contributed by atoms with van der Waals surface area (Å²) in [5.41, 5.74) is 3.00. The highest BCUT2D eigenvalue weighted by molar-refractivity contribution is 5.94. The van der Waals surface area contributed by atoms with Crippen molar-refractivity contribution in [2.75, 3.05) is 0 Å². The van der Waals surface area contributed by atoms with E-state index >= 15 is 0 Å². The summed E-state index contributed by atoms with van der Waals surface area (Å²) in [5, 5.41) is 3.16. The number of hydrogen-bond donors (Lipinski definition) is 1. The molecule has 0 fully saturated rings. The molecule has 3 rings (SSSR count). The molecular weight excluding hydrogens is 336 g/mol. The number of aryl methyl sites for hydroxylation is 1. The van der Waals surface area contributed by atoms with Crippen molar-refractivity contribution in [2.24, 2.45) is 5.92 Å². The number of carbonyl (C=O) groups excluding carboxylic acids is 1. The third-order valence-electron chi connectivity index (χ3n) is 4.61. The number of aromatic nitrogens is 3. The van der Waals surface area contributed by atoms with Crippen LogP contribution in [-0.4, -0.2) is 20.4 Å². The van der Waals surface area contributed by atoms with Crippen LogP contribution in [0.3, 0.4) is 0 Å². The van der Waals surface area contributed by atoms with Gasteiger partial charge in [-0.2, -0.15) is 0 Å².